The van der Waals surface area contributed by atoms with E-state index in [1.54, 1.807) is 0 Å². The van der Waals surface area contributed by atoms with Gasteiger partial charge in [0, 0.05) is 11.7 Å². The number of hydrogen-bond acceptors (Lipinski definition) is 1. The maximum Gasteiger partial charge on any atom is 0.0342 e. The molecule has 1 N–H and O–H groups in total. The van der Waals surface area contributed by atoms with Gasteiger partial charge in [0.05, 0.1) is 0 Å². The molecule has 2 saturated carbocycles. The minimum atomic E-state index is 0.770. The molecule has 1 aromatic rings. The van der Waals surface area contributed by atoms with E-state index >= 15 is 0 Å². The van der Waals surface area contributed by atoms with E-state index < -0.39 is 0 Å². The van der Waals surface area contributed by atoms with E-state index in [4.69, 9.17) is 0 Å². The van der Waals surface area contributed by atoms with Crippen molar-refractivity contribution < 1.29 is 0 Å². The molecule has 92 valence electrons. The van der Waals surface area contributed by atoms with Crippen molar-refractivity contribution in [3.63, 3.8) is 0 Å². The molecule has 0 amide bonds. The van der Waals surface area contributed by atoms with E-state index in [1.807, 2.05) is 0 Å². The van der Waals surface area contributed by atoms with Gasteiger partial charge in [-0.2, -0.15) is 0 Å². The fraction of sp³-hybridized carbons (Fsp3) is 0.625. The fourth-order valence-corrected chi connectivity index (χ4v) is 2.78. The summed E-state index contributed by atoms with van der Waals surface area (Å²) in [4.78, 5) is 0. The molecule has 0 heterocycles. The normalized spacial score (nSPS) is 19.6. The molecule has 0 bridgehead atoms. The van der Waals surface area contributed by atoms with Gasteiger partial charge in [-0.25, -0.2) is 0 Å². The molecule has 2 aliphatic carbocycles. The molecule has 1 heteroatoms. The lowest BCUT2D eigenvalue weighted by Crippen LogP contribution is -2.24. The van der Waals surface area contributed by atoms with Crippen LogP contribution < -0.4 is 5.32 Å². The zero-order valence-electron chi connectivity index (χ0n) is 10.8. The zero-order chi connectivity index (χ0) is 11.7. The smallest absolute Gasteiger partial charge is 0.0342 e. The average Bonchev–Trinajstić information content (AvgIpc) is 3.21. The second-order valence-corrected chi connectivity index (χ2v) is 5.79. The zero-order valence-corrected chi connectivity index (χ0v) is 10.8. The highest BCUT2D eigenvalue weighted by Gasteiger charge is 2.41. The van der Waals surface area contributed by atoms with E-state index in [1.165, 1.54) is 49.8 Å². The Labute approximate surface area is 105 Å². The van der Waals surface area contributed by atoms with E-state index in [9.17, 15) is 0 Å². The van der Waals surface area contributed by atoms with Crippen molar-refractivity contribution >= 4 is 5.69 Å². The number of hydrogen-bond donors (Lipinski definition) is 1. The lowest BCUT2D eigenvalue weighted by atomic mass is 10.1. The Hall–Kier alpha value is -0.980. The van der Waals surface area contributed by atoms with Gasteiger partial charge in [-0.3, -0.25) is 0 Å². The van der Waals surface area contributed by atoms with Crippen LogP contribution in [0, 0.1) is 11.8 Å². The quantitative estimate of drug-likeness (QED) is 0.769. The highest BCUT2D eigenvalue weighted by atomic mass is 15.0. The van der Waals surface area contributed by atoms with Crippen molar-refractivity contribution in [3.05, 3.63) is 29.8 Å². The number of aryl methyl sites for hydroxylation is 1. The summed E-state index contributed by atoms with van der Waals surface area (Å²) >= 11 is 0. The van der Waals surface area contributed by atoms with Crippen molar-refractivity contribution in [1.29, 1.82) is 0 Å². The van der Waals surface area contributed by atoms with Crippen LogP contribution in [0.4, 0.5) is 5.69 Å². The molecule has 0 unspecified atom stereocenters. The summed E-state index contributed by atoms with van der Waals surface area (Å²) in [6, 6.07) is 9.86. The van der Waals surface area contributed by atoms with E-state index in [-0.39, 0.29) is 0 Å². The highest BCUT2D eigenvalue weighted by molar-refractivity contribution is 5.46. The number of nitrogens with one attached hydrogen (secondary N) is 1. The lowest BCUT2D eigenvalue weighted by molar-refractivity contribution is 0.568. The van der Waals surface area contributed by atoms with Gasteiger partial charge in [-0.15, -0.1) is 0 Å². The van der Waals surface area contributed by atoms with Gasteiger partial charge >= 0.3 is 0 Å². The first kappa shape index (κ1) is 11.1. The van der Waals surface area contributed by atoms with Crippen LogP contribution in [-0.4, -0.2) is 6.04 Å². The second-order valence-electron chi connectivity index (χ2n) is 5.79. The Kier molecular flexibility index (Phi) is 3.09. The summed E-state index contributed by atoms with van der Waals surface area (Å²) in [5.41, 5.74) is 2.79. The standard InChI is InChI=1S/C16H23N/c1-2-3-12-4-10-15(11-5-12)17-16(13-6-7-13)14-8-9-14/h4-5,10-11,13-14,16-17H,2-3,6-9H2,1H3. The first-order chi connectivity index (χ1) is 8.36. The van der Waals surface area contributed by atoms with Crippen LogP contribution in [0.1, 0.15) is 44.6 Å². The predicted octanol–water partition coefficient (Wildman–Crippen LogP) is 4.24. The molecule has 0 aliphatic heterocycles. The molecule has 0 saturated heterocycles. The van der Waals surface area contributed by atoms with Crippen molar-refractivity contribution in [2.45, 2.75) is 51.5 Å². The van der Waals surface area contributed by atoms with Crippen LogP contribution in [0.3, 0.4) is 0 Å². The van der Waals surface area contributed by atoms with E-state index in [0.29, 0.717) is 0 Å². The third-order valence-electron chi connectivity index (χ3n) is 4.09. The number of benzene rings is 1. The van der Waals surface area contributed by atoms with E-state index in [0.717, 1.165) is 17.9 Å². The van der Waals surface area contributed by atoms with Gasteiger partial charge in [-0.05, 0) is 61.6 Å². The predicted molar refractivity (Wildman–Crippen MR) is 73.3 cm³/mol. The summed E-state index contributed by atoms with van der Waals surface area (Å²) < 4.78 is 0. The lowest BCUT2D eigenvalue weighted by Gasteiger charge is -2.19. The van der Waals surface area contributed by atoms with Crippen LogP contribution in [-0.2, 0) is 6.42 Å². The molecule has 0 radical (unpaired) electrons. The van der Waals surface area contributed by atoms with Gasteiger partial charge in [0.1, 0.15) is 0 Å². The van der Waals surface area contributed by atoms with Crippen LogP contribution in [0.5, 0.6) is 0 Å². The average molecular weight is 229 g/mol. The van der Waals surface area contributed by atoms with Gasteiger partial charge in [0.15, 0.2) is 0 Å². The maximum absolute atomic E-state index is 3.77. The molecule has 1 aromatic carbocycles. The third kappa shape index (κ3) is 2.83. The fourth-order valence-electron chi connectivity index (χ4n) is 2.78. The molecule has 2 fully saturated rings. The Balaban J connectivity index is 1.62. The Morgan fingerprint density at radius 1 is 1.06 bits per heavy atom. The third-order valence-corrected chi connectivity index (χ3v) is 4.09. The van der Waals surface area contributed by atoms with Crippen LogP contribution >= 0.6 is 0 Å². The molecule has 0 atom stereocenters. The first-order valence-electron chi connectivity index (χ1n) is 7.22. The van der Waals surface area contributed by atoms with Gasteiger partial charge in [0.2, 0.25) is 0 Å². The number of rotatable bonds is 6. The molecule has 0 aromatic heterocycles. The molecule has 3 rings (SSSR count). The van der Waals surface area contributed by atoms with Crippen LogP contribution in [0.2, 0.25) is 0 Å². The minimum absolute atomic E-state index is 0.770. The number of anilines is 1. The summed E-state index contributed by atoms with van der Waals surface area (Å²) in [6.07, 6.45) is 8.23. The van der Waals surface area contributed by atoms with E-state index in [2.05, 4.69) is 36.5 Å². The Bertz CT molecular complexity index is 348. The molecular formula is C16H23N. The molecule has 17 heavy (non-hydrogen) atoms. The monoisotopic (exact) mass is 229 g/mol. The van der Waals surface area contributed by atoms with Crippen molar-refractivity contribution in [3.8, 4) is 0 Å². The van der Waals surface area contributed by atoms with Crippen LogP contribution in [0.15, 0.2) is 24.3 Å². The molecule has 2 aliphatic rings. The molecule has 1 nitrogen and oxygen atoms in total. The van der Waals surface area contributed by atoms with Gasteiger partial charge in [-0.1, -0.05) is 25.5 Å². The first-order valence-corrected chi connectivity index (χ1v) is 7.22. The summed E-state index contributed by atoms with van der Waals surface area (Å²) in [6.45, 7) is 2.24. The minimum Gasteiger partial charge on any atom is -0.382 e. The summed E-state index contributed by atoms with van der Waals surface area (Å²) in [5, 5.41) is 3.77. The van der Waals surface area contributed by atoms with Crippen molar-refractivity contribution in [1.82, 2.24) is 0 Å². The second kappa shape index (κ2) is 4.72. The Morgan fingerprint density at radius 2 is 1.65 bits per heavy atom. The van der Waals surface area contributed by atoms with Gasteiger partial charge < -0.3 is 5.32 Å². The van der Waals surface area contributed by atoms with Crippen molar-refractivity contribution in [2.75, 3.05) is 5.32 Å². The molecular weight excluding hydrogens is 206 g/mol. The van der Waals surface area contributed by atoms with Crippen molar-refractivity contribution in [2.24, 2.45) is 11.8 Å². The SMILES string of the molecule is CCCc1ccc(NC(C2CC2)C2CC2)cc1. The Morgan fingerprint density at radius 3 is 2.12 bits per heavy atom. The highest BCUT2D eigenvalue weighted by Crippen LogP contribution is 2.45. The topological polar surface area (TPSA) is 12.0 Å². The molecule has 0 spiro atoms. The summed E-state index contributed by atoms with van der Waals surface area (Å²) in [7, 11) is 0. The van der Waals surface area contributed by atoms with Crippen LogP contribution in [0.25, 0.3) is 0 Å². The van der Waals surface area contributed by atoms with Gasteiger partial charge in [0.25, 0.3) is 0 Å². The maximum atomic E-state index is 3.77. The summed E-state index contributed by atoms with van der Waals surface area (Å²) in [5.74, 6) is 1.94. The largest absolute Gasteiger partial charge is 0.382 e.